The number of carbonyl (C=O) groups is 1. The number of nitrogens with zero attached hydrogens (tertiary/aromatic N) is 2. The summed E-state index contributed by atoms with van der Waals surface area (Å²) in [6.45, 7) is 5.53. The molecule has 2 atom stereocenters. The van der Waals surface area contributed by atoms with Gasteiger partial charge in [-0.05, 0) is 18.4 Å². The summed E-state index contributed by atoms with van der Waals surface area (Å²) in [5, 5.41) is 20.4. The van der Waals surface area contributed by atoms with E-state index in [1.165, 1.54) is 7.11 Å². The number of hydrogen-bond donors (Lipinski definition) is 3. The first kappa shape index (κ1) is 15.9. The fourth-order valence-corrected chi connectivity index (χ4v) is 2.51. The Hall–Kier alpha value is -1.44. The molecule has 1 fully saturated rings. The zero-order valence-electron chi connectivity index (χ0n) is 12.8. The van der Waals surface area contributed by atoms with Gasteiger partial charge < -0.3 is 15.2 Å². The van der Waals surface area contributed by atoms with E-state index < -0.39 is 6.23 Å². The van der Waals surface area contributed by atoms with Gasteiger partial charge in [-0.2, -0.15) is 5.10 Å². The van der Waals surface area contributed by atoms with Crippen LogP contribution in [-0.4, -0.2) is 59.0 Å². The molecule has 3 N–H and O–H groups in total. The monoisotopic (exact) mass is 296 g/mol. The van der Waals surface area contributed by atoms with Gasteiger partial charge in [-0.15, -0.1) is 0 Å². The first-order chi connectivity index (χ1) is 10.0. The molecule has 0 aliphatic carbocycles. The quantitative estimate of drug-likeness (QED) is 0.705. The van der Waals surface area contributed by atoms with Crippen molar-refractivity contribution in [1.29, 1.82) is 0 Å². The van der Waals surface area contributed by atoms with Crippen LogP contribution in [0.1, 0.15) is 43.8 Å². The zero-order chi connectivity index (χ0) is 15.4. The van der Waals surface area contributed by atoms with Crippen molar-refractivity contribution in [2.45, 2.75) is 38.5 Å². The summed E-state index contributed by atoms with van der Waals surface area (Å²) in [5.74, 6) is 0.198. The normalized spacial score (nSPS) is 20.9. The van der Waals surface area contributed by atoms with Gasteiger partial charge in [0.15, 0.2) is 0 Å². The van der Waals surface area contributed by atoms with E-state index in [1.807, 2.05) is 11.0 Å². The van der Waals surface area contributed by atoms with Crippen LogP contribution in [0.5, 0.6) is 0 Å². The number of aromatic amines is 1. The summed E-state index contributed by atoms with van der Waals surface area (Å²) in [5.41, 5.74) is 1.63. The summed E-state index contributed by atoms with van der Waals surface area (Å²) in [7, 11) is 1.49. The van der Waals surface area contributed by atoms with Gasteiger partial charge in [-0.3, -0.25) is 14.8 Å². The number of ether oxygens (including phenoxy) is 1. The van der Waals surface area contributed by atoms with E-state index in [9.17, 15) is 9.90 Å². The minimum absolute atomic E-state index is 0.0507. The molecule has 7 heteroatoms. The summed E-state index contributed by atoms with van der Waals surface area (Å²) < 4.78 is 4.79. The average Bonchev–Trinajstić information content (AvgIpc) is 3.06. The topological polar surface area (TPSA) is 90.5 Å². The molecule has 0 aromatic carbocycles. The van der Waals surface area contributed by atoms with E-state index in [4.69, 9.17) is 4.74 Å². The molecule has 1 saturated heterocycles. The molecule has 7 nitrogen and oxygen atoms in total. The van der Waals surface area contributed by atoms with Crippen LogP contribution >= 0.6 is 0 Å². The third-order valence-corrected chi connectivity index (χ3v) is 3.69. The molecule has 0 bridgehead atoms. The predicted octanol–water partition coefficient (Wildman–Crippen LogP) is 0.361. The number of H-pyrrole nitrogens is 1. The van der Waals surface area contributed by atoms with Gasteiger partial charge in [0.05, 0.1) is 11.4 Å². The van der Waals surface area contributed by atoms with Gasteiger partial charge in [0.2, 0.25) is 5.91 Å². The summed E-state index contributed by atoms with van der Waals surface area (Å²) >= 11 is 0. The second-order valence-corrected chi connectivity index (χ2v) is 5.76. The lowest BCUT2D eigenvalue weighted by molar-refractivity contribution is -0.125. The number of methoxy groups -OCH3 is 1. The number of carbonyl (C=O) groups excluding carboxylic acids is 1. The molecular formula is C14H24N4O3. The third kappa shape index (κ3) is 4.03. The van der Waals surface area contributed by atoms with Crippen LogP contribution in [0, 0.1) is 0 Å². The van der Waals surface area contributed by atoms with Crippen LogP contribution in [0.4, 0.5) is 0 Å². The molecule has 2 heterocycles. The highest BCUT2D eigenvalue weighted by molar-refractivity contribution is 5.77. The van der Waals surface area contributed by atoms with Crippen molar-refractivity contribution in [3.63, 3.8) is 0 Å². The highest BCUT2D eigenvalue weighted by Crippen LogP contribution is 2.23. The summed E-state index contributed by atoms with van der Waals surface area (Å²) in [6, 6.07) is 1.95. The van der Waals surface area contributed by atoms with Gasteiger partial charge in [0, 0.05) is 26.2 Å². The molecule has 1 aliphatic heterocycles. The molecule has 1 aliphatic rings. The molecule has 21 heavy (non-hydrogen) atoms. The van der Waals surface area contributed by atoms with Crippen LogP contribution in [0.15, 0.2) is 6.07 Å². The number of aliphatic hydroxyl groups is 1. The van der Waals surface area contributed by atoms with Crippen LogP contribution in [0.3, 0.4) is 0 Å². The van der Waals surface area contributed by atoms with Gasteiger partial charge in [0.1, 0.15) is 12.8 Å². The molecule has 2 unspecified atom stereocenters. The molecule has 1 aromatic heterocycles. The van der Waals surface area contributed by atoms with Crippen molar-refractivity contribution in [3.8, 4) is 0 Å². The SMILES string of the molecule is COCC(=O)NC1CCN(C(O)c2cc(C(C)C)n[nH]2)C1. The lowest BCUT2D eigenvalue weighted by Gasteiger charge is -2.21. The third-order valence-electron chi connectivity index (χ3n) is 3.69. The van der Waals surface area contributed by atoms with Crippen LogP contribution in [0.2, 0.25) is 0 Å². The Bertz CT molecular complexity index is 475. The Morgan fingerprint density at radius 1 is 1.67 bits per heavy atom. The van der Waals surface area contributed by atoms with Crippen molar-refractivity contribution in [2.75, 3.05) is 26.8 Å². The largest absolute Gasteiger partial charge is 0.375 e. The van der Waals surface area contributed by atoms with E-state index in [1.54, 1.807) is 0 Å². The van der Waals surface area contributed by atoms with Gasteiger partial charge >= 0.3 is 0 Å². The van der Waals surface area contributed by atoms with E-state index in [-0.39, 0.29) is 18.6 Å². The molecule has 1 aromatic rings. The summed E-state index contributed by atoms with van der Waals surface area (Å²) in [6.07, 6.45) is 0.104. The molecule has 0 radical (unpaired) electrons. The highest BCUT2D eigenvalue weighted by Gasteiger charge is 2.29. The number of aliphatic hydroxyl groups excluding tert-OH is 1. The Kier molecular flexibility index (Phi) is 5.33. The Balaban J connectivity index is 1.89. The van der Waals surface area contributed by atoms with Crippen molar-refractivity contribution in [2.24, 2.45) is 0 Å². The lowest BCUT2D eigenvalue weighted by Crippen LogP contribution is -2.39. The maximum atomic E-state index is 11.5. The second kappa shape index (κ2) is 7.02. The van der Waals surface area contributed by atoms with E-state index in [0.29, 0.717) is 18.2 Å². The highest BCUT2D eigenvalue weighted by atomic mass is 16.5. The van der Waals surface area contributed by atoms with Gasteiger partial charge in [0.25, 0.3) is 0 Å². The van der Waals surface area contributed by atoms with Crippen molar-refractivity contribution in [3.05, 3.63) is 17.5 Å². The Morgan fingerprint density at radius 2 is 2.43 bits per heavy atom. The van der Waals surface area contributed by atoms with Crippen molar-refractivity contribution in [1.82, 2.24) is 20.4 Å². The van der Waals surface area contributed by atoms with Crippen LogP contribution < -0.4 is 5.32 Å². The van der Waals surface area contributed by atoms with Crippen LogP contribution in [0.25, 0.3) is 0 Å². The minimum atomic E-state index is -0.714. The second-order valence-electron chi connectivity index (χ2n) is 5.76. The van der Waals surface area contributed by atoms with E-state index in [0.717, 1.165) is 18.7 Å². The van der Waals surface area contributed by atoms with Crippen LogP contribution in [-0.2, 0) is 9.53 Å². The maximum Gasteiger partial charge on any atom is 0.246 e. The first-order valence-corrected chi connectivity index (χ1v) is 7.27. The summed E-state index contributed by atoms with van der Waals surface area (Å²) in [4.78, 5) is 13.4. The number of amides is 1. The zero-order valence-corrected chi connectivity index (χ0v) is 12.8. The minimum Gasteiger partial charge on any atom is -0.375 e. The van der Waals surface area contributed by atoms with Gasteiger partial charge in [-0.25, -0.2) is 0 Å². The van der Waals surface area contributed by atoms with Gasteiger partial charge in [-0.1, -0.05) is 13.8 Å². The van der Waals surface area contributed by atoms with Crippen molar-refractivity contribution < 1.29 is 14.6 Å². The fourth-order valence-electron chi connectivity index (χ4n) is 2.51. The average molecular weight is 296 g/mol. The number of nitrogens with one attached hydrogen (secondary N) is 2. The number of aromatic nitrogens is 2. The first-order valence-electron chi connectivity index (χ1n) is 7.27. The Morgan fingerprint density at radius 3 is 3.05 bits per heavy atom. The fraction of sp³-hybridized carbons (Fsp3) is 0.714. The lowest BCUT2D eigenvalue weighted by atomic mass is 10.1. The van der Waals surface area contributed by atoms with Crippen molar-refractivity contribution >= 4 is 5.91 Å². The Labute approximate surface area is 124 Å². The molecular weight excluding hydrogens is 272 g/mol. The number of likely N-dealkylation sites (tertiary alicyclic amines) is 1. The molecule has 118 valence electrons. The standard InChI is InChI=1S/C14H24N4O3/c1-9(2)11-6-12(17-16-11)14(20)18-5-4-10(7-18)15-13(19)8-21-3/h6,9-10,14,20H,4-5,7-8H2,1-3H3,(H,15,19)(H,16,17). The molecule has 1 amide bonds. The molecule has 0 saturated carbocycles. The maximum absolute atomic E-state index is 11.5. The predicted molar refractivity (Wildman–Crippen MR) is 77.6 cm³/mol. The molecule has 0 spiro atoms. The van der Waals surface area contributed by atoms with E-state index >= 15 is 0 Å². The number of hydrogen-bond acceptors (Lipinski definition) is 5. The molecule has 2 rings (SSSR count). The smallest absolute Gasteiger partial charge is 0.246 e. The van der Waals surface area contributed by atoms with E-state index in [2.05, 4.69) is 29.4 Å². The number of rotatable bonds is 6.